The molecule has 2 aromatic carbocycles. The van der Waals surface area contributed by atoms with Crippen LogP contribution >= 0.6 is 33.9 Å². The molecule has 13 nitrogen and oxygen atoms in total. The monoisotopic (exact) mass is 791 g/mol. The van der Waals surface area contributed by atoms with Gasteiger partial charge in [-0.15, -0.1) is 11.3 Å². The summed E-state index contributed by atoms with van der Waals surface area (Å²) >= 11 is 3.60. The van der Waals surface area contributed by atoms with E-state index in [1.54, 1.807) is 38.1 Å². The van der Waals surface area contributed by atoms with Gasteiger partial charge in [0.1, 0.15) is 25.1 Å². The summed E-state index contributed by atoms with van der Waals surface area (Å²) in [5, 5.41) is 34.7. The fraction of sp³-hybridized carbons (Fsp3) is 0.433. The summed E-state index contributed by atoms with van der Waals surface area (Å²) in [4.78, 5) is 28.8. The predicted octanol–water partition coefficient (Wildman–Crippen LogP) is 4.33. The van der Waals surface area contributed by atoms with Crippen molar-refractivity contribution in [3.63, 3.8) is 0 Å². The highest BCUT2D eigenvalue weighted by molar-refractivity contribution is 14.1. The number of aromatic hydroxyl groups is 2. The second-order valence-corrected chi connectivity index (χ2v) is 14.8. The van der Waals surface area contributed by atoms with Crippen LogP contribution in [-0.2, 0) is 37.3 Å². The Morgan fingerprint density at radius 2 is 1.80 bits per heavy atom. The van der Waals surface area contributed by atoms with Crippen LogP contribution in [-0.4, -0.2) is 88.0 Å². The molecule has 0 bridgehead atoms. The van der Waals surface area contributed by atoms with Crippen molar-refractivity contribution in [2.45, 2.75) is 50.8 Å². The molecule has 1 aromatic heterocycles. The maximum absolute atomic E-state index is 13.8. The number of halogens is 1. The number of rotatable bonds is 18. The zero-order valence-corrected chi connectivity index (χ0v) is 29.4. The number of ether oxygens (including phenoxy) is 3. The molecular weight excluding hydrogens is 753 g/mol. The molecule has 3 aromatic rings. The number of carbonyl (C=O) groups is 2. The SMILES string of the molecule is Cc1nc(COc2ccc(C[C@H](NC(=O)O)[C@@H](CN(CC(C)C)S(=O)(=O)c3ccc(O)c(O)c3)OC(=O)COCCI)cc2)cs1. The second-order valence-electron chi connectivity index (χ2n) is 10.7. The Morgan fingerprint density at radius 1 is 1.09 bits per heavy atom. The van der Waals surface area contributed by atoms with Crippen molar-refractivity contribution < 1.29 is 47.5 Å². The van der Waals surface area contributed by atoms with E-state index in [-0.39, 0.29) is 37.0 Å². The number of sulfonamides is 1. The van der Waals surface area contributed by atoms with E-state index in [1.807, 2.05) is 12.3 Å². The number of hydrogen-bond donors (Lipinski definition) is 4. The molecule has 252 valence electrons. The van der Waals surface area contributed by atoms with Crippen LogP contribution in [0, 0.1) is 12.8 Å². The maximum Gasteiger partial charge on any atom is 0.405 e. The van der Waals surface area contributed by atoms with Gasteiger partial charge in [0.15, 0.2) is 11.5 Å². The Morgan fingerprint density at radius 3 is 2.39 bits per heavy atom. The molecule has 0 fully saturated rings. The normalized spacial score (nSPS) is 13.0. The number of nitrogens with one attached hydrogen (secondary N) is 1. The second kappa shape index (κ2) is 17.7. The highest BCUT2D eigenvalue weighted by Gasteiger charge is 2.35. The van der Waals surface area contributed by atoms with Gasteiger partial charge in [-0.05, 0) is 49.1 Å². The van der Waals surface area contributed by atoms with Crippen molar-refractivity contribution in [1.82, 2.24) is 14.6 Å². The molecule has 0 aliphatic heterocycles. The zero-order chi connectivity index (χ0) is 33.9. The fourth-order valence-electron chi connectivity index (χ4n) is 4.39. The van der Waals surface area contributed by atoms with E-state index in [2.05, 4.69) is 32.9 Å². The summed E-state index contributed by atoms with van der Waals surface area (Å²) in [5.41, 5.74) is 1.47. The van der Waals surface area contributed by atoms with Crippen LogP contribution in [0.25, 0.3) is 0 Å². The summed E-state index contributed by atoms with van der Waals surface area (Å²) in [7, 11) is -4.31. The first-order valence-corrected chi connectivity index (χ1v) is 18.1. The quantitative estimate of drug-likeness (QED) is 0.0473. The van der Waals surface area contributed by atoms with Crippen molar-refractivity contribution in [1.29, 1.82) is 0 Å². The lowest BCUT2D eigenvalue weighted by molar-refractivity contribution is -0.156. The van der Waals surface area contributed by atoms with E-state index in [9.17, 15) is 33.3 Å². The van der Waals surface area contributed by atoms with Crippen LogP contribution in [0.2, 0.25) is 0 Å². The number of thiazole rings is 1. The molecule has 1 amide bonds. The molecule has 0 saturated carbocycles. The summed E-state index contributed by atoms with van der Waals surface area (Å²) in [6.07, 6.45) is -2.64. The number of alkyl halides is 1. The van der Waals surface area contributed by atoms with Gasteiger partial charge in [-0.1, -0.05) is 48.6 Å². The molecule has 0 unspecified atom stereocenters. The van der Waals surface area contributed by atoms with Crippen LogP contribution in [0.3, 0.4) is 0 Å². The zero-order valence-electron chi connectivity index (χ0n) is 25.6. The van der Waals surface area contributed by atoms with Crippen molar-refractivity contribution in [3.05, 3.63) is 64.1 Å². The van der Waals surface area contributed by atoms with E-state index in [0.717, 1.165) is 33.2 Å². The summed E-state index contributed by atoms with van der Waals surface area (Å²) in [6, 6.07) is 8.96. The Bertz CT molecular complexity index is 1550. The van der Waals surface area contributed by atoms with Crippen LogP contribution < -0.4 is 10.1 Å². The average molecular weight is 792 g/mol. The number of aryl methyl sites for hydroxylation is 1. The predicted molar refractivity (Wildman–Crippen MR) is 179 cm³/mol. The van der Waals surface area contributed by atoms with Crippen molar-refractivity contribution in [2.24, 2.45) is 5.92 Å². The van der Waals surface area contributed by atoms with Gasteiger partial charge in [0.2, 0.25) is 10.0 Å². The summed E-state index contributed by atoms with van der Waals surface area (Å²) in [5.74, 6) is -1.53. The average Bonchev–Trinajstić information content (AvgIpc) is 3.41. The van der Waals surface area contributed by atoms with Gasteiger partial charge in [0, 0.05) is 22.4 Å². The number of amides is 1. The van der Waals surface area contributed by atoms with Gasteiger partial charge in [0.25, 0.3) is 0 Å². The smallest absolute Gasteiger partial charge is 0.405 e. The van der Waals surface area contributed by atoms with Crippen LogP contribution in [0.4, 0.5) is 4.79 Å². The largest absolute Gasteiger partial charge is 0.504 e. The molecular formula is C30H38IN3O10S2. The van der Waals surface area contributed by atoms with Crippen molar-refractivity contribution in [2.75, 3.05) is 30.7 Å². The molecule has 3 rings (SSSR count). The minimum atomic E-state index is -4.31. The minimum Gasteiger partial charge on any atom is -0.504 e. The molecule has 0 radical (unpaired) electrons. The van der Waals surface area contributed by atoms with E-state index < -0.39 is 58.9 Å². The van der Waals surface area contributed by atoms with Gasteiger partial charge in [-0.2, -0.15) is 4.31 Å². The van der Waals surface area contributed by atoms with Gasteiger partial charge in [-0.3, -0.25) is 0 Å². The summed E-state index contributed by atoms with van der Waals surface area (Å²) < 4.78 is 46.1. The molecule has 0 saturated heterocycles. The lowest BCUT2D eigenvalue weighted by Crippen LogP contribution is -2.52. The number of carbonyl (C=O) groups excluding carboxylic acids is 1. The number of aromatic nitrogens is 1. The van der Waals surface area contributed by atoms with Crippen LogP contribution in [0.1, 0.15) is 30.1 Å². The van der Waals surface area contributed by atoms with Crippen molar-refractivity contribution >= 4 is 56.0 Å². The van der Waals surface area contributed by atoms with Gasteiger partial charge < -0.3 is 34.8 Å². The number of nitrogens with zero attached hydrogens (tertiary/aromatic N) is 2. The van der Waals surface area contributed by atoms with Gasteiger partial charge in [-0.25, -0.2) is 23.0 Å². The van der Waals surface area contributed by atoms with E-state index in [0.29, 0.717) is 15.7 Å². The van der Waals surface area contributed by atoms with Gasteiger partial charge in [0.05, 0.1) is 34.8 Å². The van der Waals surface area contributed by atoms with E-state index in [4.69, 9.17) is 14.2 Å². The Kier molecular flexibility index (Phi) is 14.3. The molecule has 0 aliphatic rings. The highest BCUT2D eigenvalue weighted by atomic mass is 127. The number of benzene rings is 2. The number of phenols is 2. The summed E-state index contributed by atoms with van der Waals surface area (Å²) in [6.45, 7) is 5.21. The minimum absolute atomic E-state index is 0.0201. The third-order valence-electron chi connectivity index (χ3n) is 6.45. The van der Waals surface area contributed by atoms with Crippen LogP contribution in [0.15, 0.2) is 52.7 Å². The number of hydrogen-bond acceptors (Lipinski definition) is 11. The first-order chi connectivity index (χ1) is 21.8. The Balaban J connectivity index is 1.91. The number of carboxylic acid groups (broad SMARTS) is 1. The Hall–Kier alpha value is -3.19. The Labute approximate surface area is 285 Å². The molecule has 16 heteroatoms. The molecule has 1 heterocycles. The molecule has 2 atom stereocenters. The molecule has 46 heavy (non-hydrogen) atoms. The standard InChI is InChI=1S/C30H38IN3O10S2/c1-19(2)14-34(46(40,41)24-8-9-26(35)27(36)13-24)15-28(44-29(37)17-42-11-10-31)25(33-30(38)39)12-21-4-6-23(7-5-21)43-16-22-18-45-20(3)32-22/h4-9,13,18-19,25,28,33,35-36H,10-12,14-17H2,1-3H3,(H,38,39)/t25-,28+/m0/s1. The molecule has 0 aliphatic carbocycles. The third kappa shape index (κ3) is 11.6. The van der Waals surface area contributed by atoms with E-state index >= 15 is 0 Å². The molecule has 0 spiro atoms. The lowest BCUT2D eigenvalue weighted by Gasteiger charge is -2.32. The molecule has 4 N–H and O–H groups in total. The van der Waals surface area contributed by atoms with Gasteiger partial charge >= 0.3 is 12.1 Å². The van der Waals surface area contributed by atoms with Crippen molar-refractivity contribution in [3.8, 4) is 17.2 Å². The van der Waals surface area contributed by atoms with E-state index in [1.165, 1.54) is 11.3 Å². The number of phenolic OH excluding ortho intramolecular Hbond substituents is 2. The maximum atomic E-state index is 13.8. The first-order valence-electron chi connectivity index (χ1n) is 14.3. The lowest BCUT2D eigenvalue weighted by atomic mass is 10.0. The fourth-order valence-corrected chi connectivity index (χ4v) is 6.94. The topological polar surface area (TPSA) is 185 Å². The van der Waals surface area contributed by atoms with Crippen LogP contribution in [0.5, 0.6) is 17.2 Å². The first kappa shape index (κ1) is 37.3. The highest BCUT2D eigenvalue weighted by Crippen LogP contribution is 2.29. The third-order valence-corrected chi connectivity index (χ3v) is 9.54. The number of esters is 1.